The lowest BCUT2D eigenvalue weighted by atomic mass is 10.1. The molecule has 11 nitrogen and oxygen atoms in total. The molecule has 0 unspecified atom stereocenters. The van der Waals surface area contributed by atoms with Crippen molar-refractivity contribution in [1.82, 2.24) is 29.0 Å². The molecular formula is C13H9F3N6O5S. The van der Waals surface area contributed by atoms with Gasteiger partial charge in [-0.25, -0.2) is 27.3 Å². The zero-order valence-electron chi connectivity index (χ0n) is 13.7. The molecule has 148 valence electrons. The molecule has 28 heavy (non-hydrogen) atoms. The van der Waals surface area contributed by atoms with Crippen LogP contribution in [0.15, 0.2) is 34.4 Å². The fourth-order valence-corrected chi connectivity index (χ4v) is 2.85. The molecule has 1 amide bonds. The van der Waals surface area contributed by atoms with E-state index in [1.54, 1.807) is 4.98 Å². The normalized spacial score (nSPS) is 12.3. The van der Waals surface area contributed by atoms with Crippen LogP contribution in [0.4, 0.5) is 18.0 Å². The Balaban J connectivity index is 2.43. The van der Waals surface area contributed by atoms with Crippen LogP contribution in [-0.2, 0) is 16.2 Å². The fraction of sp³-hybridized carbons (Fsp3) is 0.154. The number of H-pyrrole nitrogens is 1. The van der Waals surface area contributed by atoms with E-state index < -0.39 is 55.6 Å². The number of hydrogen-bond donors (Lipinski definition) is 2. The molecule has 0 bridgehead atoms. The Hall–Kier alpha value is -3.49. The first-order valence-corrected chi connectivity index (χ1v) is 9.05. The van der Waals surface area contributed by atoms with Crippen molar-refractivity contribution in [3.63, 3.8) is 0 Å². The van der Waals surface area contributed by atoms with Crippen LogP contribution in [0.1, 0.15) is 5.56 Å². The topological polar surface area (TPSA) is 149 Å². The standard InChI is InChI=1S/C13H9F3N6O5S/c1-28(26,27)20-12(25)22-8-3-7(13(14,15)16)9(21-4-17-18-5-21)2-6(8)10(23)19-11(22)24/h2-5H,1H3,(H,20,25)(H,19,23,24). The maximum absolute atomic E-state index is 13.5. The van der Waals surface area contributed by atoms with Gasteiger partial charge in [0, 0.05) is 0 Å². The van der Waals surface area contributed by atoms with Crippen molar-refractivity contribution < 1.29 is 26.4 Å². The van der Waals surface area contributed by atoms with Crippen LogP contribution in [-0.4, -0.2) is 45.0 Å². The number of carbonyl (C=O) groups is 1. The number of aromatic nitrogens is 5. The van der Waals surface area contributed by atoms with E-state index in [-0.39, 0.29) is 4.57 Å². The van der Waals surface area contributed by atoms with Gasteiger partial charge >= 0.3 is 17.9 Å². The molecule has 0 aliphatic heterocycles. The molecule has 0 aliphatic carbocycles. The van der Waals surface area contributed by atoms with Gasteiger partial charge in [0.05, 0.1) is 28.4 Å². The molecule has 0 radical (unpaired) electrons. The Morgan fingerprint density at radius 2 is 1.79 bits per heavy atom. The fourth-order valence-electron chi connectivity index (χ4n) is 2.45. The Kier molecular flexibility index (Phi) is 4.33. The van der Waals surface area contributed by atoms with E-state index in [0.29, 0.717) is 12.3 Å². The number of fused-ring (bicyclic) bond motifs is 1. The van der Waals surface area contributed by atoms with Crippen LogP contribution in [0.25, 0.3) is 16.6 Å². The molecule has 0 spiro atoms. The van der Waals surface area contributed by atoms with Gasteiger partial charge in [-0.05, 0) is 12.1 Å². The lowest BCUT2D eigenvalue weighted by Crippen LogP contribution is -2.42. The van der Waals surface area contributed by atoms with Crippen LogP contribution in [0, 0.1) is 0 Å². The van der Waals surface area contributed by atoms with Crippen molar-refractivity contribution in [2.45, 2.75) is 6.18 Å². The Morgan fingerprint density at radius 3 is 2.32 bits per heavy atom. The number of alkyl halides is 3. The van der Waals surface area contributed by atoms with E-state index in [0.717, 1.165) is 23.3 Å². The first-order chi connectivity index (χ1) is 12.9. The minimum absolute atomic E-state index is 0.0863. The highest BCUT2D eigenvalue weighted by atomic mass is 32.2. The zero-order chi connectivity index (χ0) is 20.9. The second-order valence-corrected chi connectivity index (χ2v) is 7.28. The van der Waals surface area contributed by atoms with E-state index in [4.69, 9.17) is 0 Å². The predicted molar refractivity (Wildman–Crippen MR) is 87.5 cm³/mol. The van der Waals surface area contributed by atoms with E-state index in [1.807, 2.05) is 0 Å². The zero-order valence-corrected chi connectivity index (χ0v) is 14.5. The van der Waals surface area contributed by atoms with Crippen LogP contribution in [0.2, 0.25) is 0 Å². The molecule has 0 fully saturated rings. The van der Waals surface area contributed by atoms with Gasteiger partial charge in [0.2, 0.25) is 10.0 Å². The second-order valence-electron chi connectivity index (χ2n) is 5.53. The van der Waals surface area contributed by atoms with Gasteiger partial charge in [0.25, 0.3) is 5.56 Å². The monoisotopic (exact) mass is 418 g/mol. The van der Waals surface area contributed by atoms with Crippen LogP contribution >= 0.6 is 0 Å². The average Bonchev–Trinajstić information content (AvgIpc) is 3.05. The maximum Gasteiger partial charge on any atom is 0.418 e. The lowest BCUT2D eigenvalue weighted by molar-refractivity contribution is -0.137. The summed E-state index contributed by atoms with van der Waals surface area (Å²) in [6.45, 7) is 0. The number of sulfonamides is 1. The summed E-state index contributed by atoms with van der Waals surface area (Å²) in [6, 6.07) is -0.383. The quantitative estimate of drug-likeness (QED) is 0.586. The lowest BCUT2D eigenvalue weighted by Gasteiger charge is -2.16. The molecule has 1 aromatic carbocycles. The van der Waals surface area contributed by atoms with Gasteiger partial charge in [0.1, 0.15) is 12.7 Å². The number of amides is 1. The smallest absolute Gasteiger partial charge is 0.288 e. The molecule has 3 rings (SSSR count). The first kappa shape index (κ1) is 19.3. The predicted octanol–water partition coefficient (Wildman–Crippen LogP) is -0.193. The van der Waals surface area contributed by atoms with Crippen LogP contribution in [0.3, 0.4) is 0 Å². The number of benzene rings is 1. The first-order valence-electron chi connectivity index (χ1n) is 7.16. The van der Waals surface area contributed by atoms with Gasteiger partial charge in [-0.15, -0.1) is 10.2 Å². The maximum atomic E-state index is 13.5. The Bertz CT molecular complexity index is 1310. The molecule has 15 heteroatoms. The summed E-state index contributed by atoms with van der Waals surface area (Å²) in [7, 11) is -4.14. The number of nitrogens with one attached hydrogen (secondary N) is 2. The van der Waals surface area contributed by atoms with Crippen LogP contribution in [0.5, 0.6) is 0 Å². The Morgan fingerprint density at radius 1 is 1.18 bits per heavy atom. The van der Waals surface area contributed by atoms with Gasteiger partial charge < -0.3 is 0 Å². The van der Waals surface area contributed by atoms with Gasteiger partial charge in [-0.3, -0.25) is 14.3 Å². The van der Waals surface area contributed by atoms with E-state index >= 15 is 0 Å². The van der Waals surface area contributed by atoms with Crippen molar-refractivity contribution in [3.05, 3.63) is 51.2 Å². The van der Waals surface area contributed by atoms with Gasteiger partial charge in [-0.1, -0.05) is 0 Å². The highest BCUT2D eigenvalue weighted by molar-refractivity contribution is 7.89. The molecule has 3 aromatic rings. The van der Waals surface area contributed by atoms with Gasteiger partial charge in [0.15, 0.2) is 0 Å². The number of aromatic amines is 1. The summed E-state index contributed by atoms with van der Waals surface area (Å²) in [6.07, 6.45) is -2.44. The molecule has 2 N–H and O–H groups in total. The van der Waals surface area contributed by atoms with Crippen molar-refractivity contribution in [2.24, 2.45) is 0 Å². The minimum atomic E-state index is -4.95. The molecule has 0 saturated carbocycles. The summed E-state index contributed by atoms with van der Waals surface area (Å²) < 4.78 is 65.6. The van der Waals surface area contributed by atoms with E-state index in [2.05, 4.69) is 10.2 Å². The SMILES string of the molecule is CS(=O)(=O)NC(=O)n1c(=O)[nH]c(=O)c2cc(-n3cnnc3)c(C(F)(F)F)cc21. The molecule has 0 saturated heterocycles. The third-order valence-electron chi connectivity index (χ3n) is 3.50. The molecular weight excluding hydrogens is 409 g/mol. The number of nitrogens with zero attached hydrogens (tertiary/aromatic N) is 4. The number of halogens is 3. The largest absolute Gasteiger partial charge is 0.418 e. The number of rotatable bonds is 2. The van der Waals surface area contributed by atoms with Crippen molar-refractivity contribution in [1.29, 1.82) is 0 Å². The molecule has 0 aliphatic rings. The van der Waals surface area contributed by atoms with Gasteiger partial charge in [-0.2, -0.15) is 13.2 Å². The average molecular weight is 418 g/mol. The summed E-state index contributed by atoms with van der Waals surface area (Å²) in [5, 5.41) is 6.32. The molecule has 2 heterocycles. The second kappa shape index (κ2) is 6.29. The Labute approximate surface area is 152 Å². The van der Waals surface area contributed by atoms with Crippen molar-refractivity contribution in [2.75, 3.05) is 6.26 Å². The third-order valence-corrected chi connectivity index (χ3v) is 4.05. The van der Waals surface area contributed by atoms with E-state index in [1.165, 1.54) is 4.72 Å². The number of hydrogen-bond acceptors (Lipinski definition) is 7. The summed E-state index contributed by atoms with van der Waals surface area (Å²) in [4.78, 5) is 38.0. The molecule has 0 atom stereocenters. The van der Waals surface area contributed by atoms with Crippen LogP contribution < -0.4 is 16.0 Å². The molecule has 2 aromatic heterocycles. The minimum Gasteiger partial charge on any atom is -0.288 e. The third kappa shape index (κ3) is 3.51. The summed E-state index contributed by atoms with van der Waals surface area (Å²) in [5.41, 5.74) is -5.08. The van der Waals surface area contributed by atoms with Crippen molar-refractivity contribution in [3.8, 4) is 5.69 Å². The number of carbonyl (C=O) groups excluding carboxylic acids is 1. The van der Waals surface area contributed by atoms with E-state index in [9.17, 15) is 36.0 Å². The van der Waals surface area contributed by atoms with Crippen molar-refractivity contribution >= 4 is 27.0 Å². The highest BCUT2D eigenvalue weighted by Gasteiger charge is 2.35. The summed E-state index contributed by atoms with van der Waals surface area (Å²) >= 11 is 0. The highest BCUT2D eigenvalue weighted by Crippen LogP contribution is 2.35. The summed E-state index contributed by atoms with van der Waals surface area (Å²) in [5.74, 6) is 0.